The van der Waals surface area contributed by atoms with Crippen molar-refractivity contribution >= 4 is 5.97 Å². The number of hydrogen-bond donors (Lipinski definition) is 1. The van der Waals surface area contributed by atoms with Crippen LogP contribution in [0.4, 0.5) is 0 Å². The van der Waals surface area contributed by atoms with Crippen LogP contribution in [0.5, 0.6) is 0 Å². The van der Waals surface area contributed by atoms with E-state index in [0.717, 1.165) is 6.42 Å². The third-order valence-corrected chi connectivity index (χ3v) is 2.73. The minimum atomic E-state index is -0.869. The van der Waals surface area contributed by atoms with Gasteiger partial charge in [-0.15, -0.1) is 0 Å². The summed E-state index contributed by atoms with van der Waals surface area (Å²) >= 11 is 0. The zero-order valence-electron chi connectivity index (χ0n) is 11.1. The third kappa shape index (κ3) is 5.47. The Kier molecular flexibility index (Phi) is 5.97. The van der Waals surface area contributed by atoms with Gasteiger partial charge in [0.2, 0.25) is 0 Å². The van der Waals surface area contributed by atoms with Gasteiger partial charge in [-0.25, -0.2) is 0 Å². The lowest BCUT2D eigenvalue weighted by molar-refractivity contribution is -0.151. The molecule has 0 saturated heterocycles. The SMILES string of the molecule is CCCC(C)(N)C(=O)OCCC(C)(C)OC. The third-order valence-electron chi connectivity index (χ3n) is 2.73. The molecule has 0 aliphatic carbocycles. The van der Waals surface area contributed by atoms with E-state index in [4.69, 9.17) is 15.2 Å². The molecule has 1 atom stereocenters. The van der Waals surface area contributed by atoms with E-state index in [1.54, 1.807) is 14.0 Å². The molecule has 0 saturated carbocycles. The first-order valence-corrected chi connectivity index (χ1v) is 5.76. The number of esters is 1. The maximum atomic E-state index is 11.6. The highest BCUT2D eigenvalue weighted by Gasteiger charge is 2.29. The lowest BCUT2D eigenvalue weighted by Gasteiger charge is -2.25. The van der Waals surface area contributed by atoms with Gasteiger partial charge in [-0.1, -0.05) is 13.3 Å². The summed E-state index contributed by atoms with van der Waals surface area (Å²) in [5.74, 6) is -0.332. The molecule has 1 unspecified atom stereocenters. The standard InChI is InChI=1S/C12H25NO3/c1-6-7-12(4,13)10(14)16-9-8-11(2,3)15-5/h6-9,13H2,1-5H3. The van der Waals surface area contributed by atoms with Crippen LogP contribution in [0.25, 0.3) is 0 Å². The van der Waals surface area contributed by atoms with Crippen molar-refractivity contribution in [1.82, 2.24) is 0 Å². The lowest BCUT2D eigenvalue weighted by atomic mass is 9.98. The Morgan fingerprint density at radius 1 is 1.25 bits per heavy atom. The van der Waals surface area contributed by atoms with Crippen molar-refractivity contribution in [3.8, 4) is 0 Å². The van der Waals surface area contributed by atoms with Crippen LogP contribution in [0.15, 0.2) is 0 Å². The van der Waals surface area contributed by atoms with Crippen molar-refractivity contribution in [1.29, 1.82) is 0 Å². The molecule has 0 bridgehead atoms. The highest BCUT2D eigenvalue weighted by atomic mass is 16.5. The van der Waals surface area contributed by atoms with Gasteiger partial charge >= 0.3 is 5.97 Å². The van der Waals surface area contributed by atoms with Crippen molar-refractivity contribution in [3.63, 3.8) is 0 Å². The van der Waals surface area contributed by atoms with Crippen LogP contribution in [-0.2, 0) is 14.3 Å². The molecular formula is C12H25NO3. The molecule has 0 aromatic heterocycles. The number of carbonyl (C=O) groups is 1. The van der Waals surface area contributed by atoms with Crippen molar-refractivity contribution in [2.24, 2.45) is 5.73 Å². The minimum Gasteiger partial charge on any atom is -0.464 e. The Hall–Kier alpha value is -0.610. The predicted molar refractivity (Wildman–Crippen MR) is 64.2 cm³/mol. The Morgan fingerprint density at radius 3 is 2.25 bits per heavy atom. The summed E-state index contributed by atoms with van der Waals surface area (Å²) in [7, 11) is 1.64. The Balaban J connectivity index is 3.99. The molecule has 0 radical (unpaired) electrons. The molecule has 4 nitrogen and oxygen atoms in total. The maximum Gasteiger partial charge on any atom is 0.325 e. The van der Waals surface area contributed by atoms with Crippen molar-refractivity contribution < 1.29 is 14.3 Å². The van der Waals surface area contributed by atoms with Crippen LogP contribution in [0.1, 0.15) is 47.0 Å². The highest BCUT2D eigenvalue weighted by molar-refractivity contribution is 5.79. The topological polar surface area (TPSA) is 61.6 Å². The Morgan fingerprint density at radius 2 is 1.81 bits per heavy atom. The molecule has 96 valence electrons. The second-order valence-electron chi connectivity index (χ2n) is 5.02. The van der Waals surface area contributed by atoms with Crippen LogP contribution < -0.4 is 5.73 Å². The number of carbonyl (C=O) groups excluding carboxylic acids is 1. The van der Waals surface area contributed by atoms with Crippen LogP contribution in [0, 0.1) is 0 Å². The van der Waals surface area contributed by atoms with E-state index in [0.29, 0.717) is 19.4 Å². The average Bonchev–Trinajstić information content (AvgIpc) is 2.17. The van der Waals surface area contributed by atoms with Crippen molar-refractivity contribution in [2.45, 2.75) is 58.1 Å². The molecule has 0 amide bonds. The van der Waals surface area contributed by atoms with E-state index in [9.17, 15) is 4.79 Å². The summed E-state index contributed by atoms with van der Waals surface area (Å²) in [5, 5.41) is 0. The second kappa shape index (κ2) is 6.21. The number of methoxy groups -OCH3 is 1. The molecule has 2 N–H and O–H groups in total. The summed E-state index contributed by atoms with van der Waals surface area (Å²) < 4.78 is 10.4. The van der Waals surface area contributed by atoms with Crippen LogP contribution in [0.2, 0.25) is 0 Å². The fraction of sp³-hybridized carbons (Fsp3) is 0.917. The van der Waals surface area contributed by atoms with Gasteiger partial charge in [-0.3, -0.25) is 4.79 Å². The molecule has 4 heteroatoms. The predicted octanol–water partition coefficient (Wildman–Crippen LogP) is 1.86. The molecular weight excluding hydrogens is 206 g/mol. The number of nitrogens with two attached hydrogens (primary N) is 1. The van der Waals surface area contributed by atoms with E-state index in [2.05, 4.69) is 0 Å². The summed E-state index contributed by atoms with van der Waals surface area (Å²) in [6.07, 6.45) is 2.17. The minimum absolute atomic E-state index is 0.268. The van der Waals surface area contributed by atoms with Gasteiger partial charge < -0.3 is 15.2 Å². The molecule has 0 spiro atoms. The fourth-order valence-electron chi connectivity index (χ4n) is 1.28. The van der Waals surface area contributed by atoms with E-state index < -0.39 is 5.54 Å². The lowest BCUT2D eigenvalue weighted by Crippen LogP contribution is -2.46. The van der Waals surface area contributed by atoms with Gasteiger partial charge in [-0.2, -0.15) is 0 Å². The first kappa shape index (κ1) is 15.4. The molecule has 0 rings (SSSR count). The molecule has 0 aliphatic rings. The quantitative estimate of drug-likeness (QED) is 0.679. The molecule has 0 aromatic rings. The van der Waals surface area contributed by atoms with Gasteiger partial charge in [0, 0.05) is 13.5 Å². The number of rotatable bonds is 7. The van der Waals surface area contributed by atoms with Gasteiger partial charge in [0.15, 0.2) is 0 Å². The summed E-state index contributed by atoms with van der Waals surface area (Å²) in [6, 6.07) is 0. The first-order valence-electron chi connectivity index (χ1n) is 5.76. The van der Waals surface area contributed by atoms with Crippen LogP contribution in [-0.4, -0.2) is 30.8 Å². The monoisotopic (exact) mass is 231 g/mol. The summed E-state index contributed by atoms with van der Waals surface area (Å²) in [5.41, 5.74) is 4.71. The zero-order valence-corrected chi connectivity index (χ0v) is 11.1. The number of ether oxygens (including phenoxy) is 2. The number of hydrogen-bond acceptors (Lipinski definition) is 4. The van der Waals surface area contributed by atoms with Crippen molar-refractivity contribution in [3.05, 3.63) is 0 Å². The van der Waals surface area contributed by atoms with Crippen LogP contribution >= 0.6 is 0 Å². The molecule has 0 heterocycles. The van der Waals surface area contributed by atoms with Gasteiger partial charge in [0.1, 0.15) is 5.54 Å². The summed E-state index contributed by atoms with van der Waals surface area (Å²) in [6.45, 7) is 7.95. The smallest absolute Gasteiger partial charge is 0.325 e. The Labute approximate surface area is 98.5 Å². The van der Waals surface area contributed by atoms with E-state index >= 15 is 0 Å². The van der Waals surface area contributed by atoms with Gasteiger partial charge in [0.25, 0.3) is 0 Å². The molecule has 0 aliphatic heterocycles. The van der Waals surface area contributed by atoms with Crippen molar-refractivity contribution in [2.75, 3.05) is 13.7 Å². The molecule has 0 aromatic carbocycles. The Bertz CT molecular complexity index is 224. The van der Waals surface area contributed by atoms with Crippen LogP contribution in [0.3, 0.4) is 0 Å². The summed E-state index contributed by atoms with van der Waals surface area (Å²) in [4.78, 5) is 11.6. The second-order valence-corrected chi connectivity index (χ2v) is 5.02. The van der Waals surface area contributed by atoms with E-state index in [1.807, 2.05) is 20.8 Å². The highest BCUT2D eigenvalue weighted by Crippen LogP contribution is 2.15. The normalized spacial score (nSPS) is 15.6. The molecule has 0 fully saturated rings. The average molecular weight is 231 g/mol. The van der Waals surface area contributed by atoms with E-state index in [1.165, 1.54) is 0 Å². The van der Waals surface area contributed by atoms with Gasteiger partial charge in [-0.05, 0) is 27.2 Å². The molecule has 16 heavy (non-hydrogen) atoms. The zero-order chi connectivity index (χ0) is 12.8. The van der Waals surface area contributed by atoms with Gasteiger partial charge in [0.05, 0.1) is 12.2 Å². The largest absolute Gasteiger partial charge is 0.464 e. The maximum absolute atomic E-state index is 11.6. The first-order chi connectivity index (χ1) is 7.25. The fourth-order valence-corrected chi connectivity index (χ4v) is 1.28. The van der Waals surface area contributed by atoms with E-state index in [-0.39, 0.29) is 11.6 Å².